The third-order valence-corrected chi connectivity index (χ3v) is 4.81. The Labute approximate surface area is 150 Å². The molecular weight excluding hydrogens is 332 g/mol. The van der Waals surface area contributed by atoms with Gasteiger partial charge in [-0.15, -0.1) is 0 Å². The summed E-state index contributed by atoms with van der Waals surface area (Å²) < 4.78 is 9.70. The zero-order valence-electron chi connectivity index (χ0n) is 14.3. The first-order valence-electron chi connectivity index (χ1n) is 8.52. The molecule has 1 atom stereocenters. The molecule has 3 aromatic rings. The van der Waals surface area contributed by atoms with E-state index in [1.165, 1.54) is 13.2 Å². The summed E-state index contributed by atoms with van der Waals surface area (Å²) in [7, 11) is 1.26. The molecule has 1 saturated heterocycles. The number of hydrogen-bond donors (Lipinski definition) is 0. The van der Waals surface area contributed by atoms with Crippen LogP contribution >= 0.6 is 0 Å². The summed E-state index contributed by atoms with van der Waals surface area (Å²) >= 11 is 0. The van der Waals surface area contributed by atoms with Gasteiger partial charge in [0.2, 0.25) is 5.76 Å². The second-order valence-corrected chi connectivity index (χ2v) is 6.29. The molecule has 26 heavy (non-hydrogen) atoms. The van der Waals surface area contributed by atoms with E-state index in [0.29, 0.717) is 6.54 Å². The van der Waals surface area contributed by atoms with Gasteiger partial charge >= 0.3 is 5.97 Å². The first kappa shape index (κ1) is 16.3. The molecule has 1 aliphatic rings. The molecule has 0 bridgehead atoms. The minimum Gasteiger partial charge on any atom is -0.464 e. The predicted octanol–water partition coefficient (Wildman–Crippen LogP) is 3.59. The predicted molar refractivity (Wildman–Crippen MR) is 94.8 cm³/mol. The molecule has 0 aliphatic carbocycles. The minimum absolute atomic E-state index is 0.00300. The Balaban J connectivity index is 1.67. The Morgan fingerprint density at radius 3 is 2.85 bits per heavy atom. The van der Waals surface area contributed by atoms with Gasteiger partial charge in [0.15, 0.2) is 5.69 Å². The lowest BCUT2D eigenvalue weighted by atomic mass is 9.97. The SMILES string of the molecule is COC(=O)c1cc(C(=O)N2CCC[C@@H]2c2cccc3ccccc23)on1. The van der Waals surface area contributed by atoms with Gasteiger partial charge in [0.25, 0.3) is 5.91 Å². The quantitative estimate of drug-likeness (QED) is 0.675. The fourth-order valence-corrected chi connectivity index (χ4v) is 3.59. The number of likely N-dealkylation sites (tertiary alicyclic amines) is 1. The van der Waals surface area contributed by atoms with Gasteiger partial charge < -0.3 is 14.2 Å². The summed E-state index contributed by atoms with van der Waals surface area (Å²) in [5.41, 5.74) is 1.12. The molecule has 1 aromatic heterocycles. The standard InChI is InChI=1S/C20H18N2O4/c1-25-20(24)16-12-18(26-21-16)19(23)22-11-5-10-17(22)15-9-4-7-13-6-2-3-8-14(13)15/h2-4,6-9,12,17H,5,10-11H2,1H3/t17-/m1/s1. The van der Waals surface area contributed by atoms with Gasteiger partial charge in [-0.25, -0.2) is 4.79 Å². The molecule has 1 fully saturated rings. The Hall–Kier alpha value is -3.15. The van der Waals surface area contributed by atoms with Crippen LogP contribution < -0.4 is 0 Å². The molecule has 2 heterocycles. The number of carbonyl (C=O) groups excluding carboxylic acids is 2. The summed E-state index contributed by atoms with van der Waals surface area (Å²) in [5, 5.41) is 5.93. The van der Waals surface area contributed by atoms with Crippen LogP contribution in [0.25, 0.3) is 10.8 Å². The van der Waals surface area contributed by atoms with Crippen molar-refractivity contribution in [3.63, 3.8) is 0 Å². The van der Waals surface area contributed by atoms with Crippen LogP contribution in [0.1, 0.15) is 45.5 Å². The molecule has 132 valence electrons. The second kappa shape index (κ2) is 6.63. The highest BCUT2D eigenvalue weighted by Gasteiger charge is 2.33. The summed E-state index contributed by atoms with van der Waals surface area (Å²) in [6.07, 6.45) is 1.80. The molecule has 2 aromatic carbocycles. The maximum absolute atomic E-state index is 12.9. The van der Waals surface area contributed by atoms with Crippen molar-refractivity contribution >= 4 is 22.6 Å². The molecule has 0 saturated carbocycles. The van der Waals surface area contributed by atoms with Crippen LogP contribution in [-0.4, -0.2) is 35.6 Å². The van der Waals surface area contributed by atoms with E-state index in [-0.39, 0.29) is 23.4 Å². The highest BCUT2D eigenvalue weighted by Crippen LogP contribution is 2.36. The third-order valence-electron chi connectivity index (χ3n) is 4.81. The lowest BCUT2D eigenvalue weighted by molar-refractivity contribution is 0.0586. The van der Waals surface area contributed by atoms with Gasteiger partial charge in [-0.2, -0.15) is 0 Å². The normalized spacial score (nSPS) is 16.8. The number of hydrogen-bond acceptors (Lipinski definition) is 5. The molecule has 0 unspecified atom stereocenters. The van der Waals surface area contributed by atoms with Crippen molar-refractivity contribution in [3.8, 4) is 0 Å². The molecule has 0 N–H and O–H groups in total. The van der Waals surface area contributed by atoms with Crippen molar-refractivity contribution in [2.24, 2.45) is 0 Å². The van der Waals surface area contributed by atoms with E-state index in [0.717, 1.165) is 29.2 Å². The van der Waals surface area contributed by atoms with Crippen LogP contribution in [0.3, 0.4) is 0 Å². The monoisotopic (exact) mass is 350 g/mol. The first-order valence-corrected chi connectivity index (χ1v) is 8.52. The molecule has 1 amide bonds. The first-order chi connectivity index (χ1) is 12.7. The van der Waals surface area contributed by atoms with E-state index in [9.17, 15) is 9.59 Å². The van der Waals surface area contributed by atoms with Gasteiger partial charge in [0.1, 0.15) is 0 Å². The van der Waals surface area contributed by atoms with Crippen molar-refractivity contribution in [2.75, 3.05) is 13.7 Å². The average molecular weight is 350 g/mol. The second-order valence-electron chi connectivity index (χ2n) is 6.29. The highest BCUT2D eigenvalue weighted by molar-refractivity contribution is 5.96. The van der Waals surface area contributed by atoms with Crippen LogP contribution in [0.5, 0.6) is 0 Å². The Bertz CT molecular complexity index is 973. The largest absolute Gasteiger partial charge is 0.464 e. The number of benzene rings is 2. The van der Waals surface area contributed by atoms with Gasteiger partial charge in [-0.1, -0.05) is 47.6 Å². The van der Waals surface area contributed by atoms with Gasteiger partial charge in [0, 0.05) is 12.6 Å². The van der Waals surface area contributed by atoms with Crippen LogP contribution in [0.4, 0.5) is 0 Å². The van der Waals surface area contributed by atoms with Crippen molar-refractivity contribution in [1.29, 1.82) is 0 Å². The van der Waals surface area contributed by atoms with Crippen LogP contribution in [0.15, 0.2) is 53.1 Å². The summed E-state index contributed by atoms with van der Waals surface area (Å²) in [6.45, 7) is 0.640. The number of amides is 1. The minimum atomic E-state index is -0.625. The number of nitrogens with zero attached hydrogens (tertiary/aromatic N) is 2. The van der Waals surface area contributed by atoms with Crippen LogP contribution in [-0.2, 0) is 4.74 Å². The highest BCUT2D eigenvalue weighted by atomic mass is 16.5. The molecule has 4 rings (SSSR count). The maximum atomic E-state index is 12.9. The van der Waals surface area contributed by atoms with Crippen LogP contribution in [0, 0.1) is 0 Å². The van der Waals surface area contributed by atoms with E-state index < -0.39 is 5.97 Å². The van der Waals surface area contributed by atoms with Crippen molar-refractivity contribution in [3.05, 3.63) is 65.5 Å². The molecule has 6 heteroatoms. The van der Waals surface area contributed by atoms with E-state index in [4.69, 9.17) is 4.52 Å². The van der Waals surface area contributed by atoms with Gasteiger partial charge in [-0.05, 0) is 29.2 Å². The Kier molecular flexibility index (Phi) is 4.16. The van der Waals surface area contributed by atoms with Gasteiger partial charge in [-0.3, -0.25) is 4.79 Å². The summed E-state index contributed by atoms with van der Waals surface area (Å²) in [6, 6.07) is 15.6. The van der Waals surface area contributed by atoms with Crippen molar-refractivity contribution < 1.29 is 18.8 Å². The van der Waals surface area contributed by atoms with E-state index in [1.807, 2.05) is 18.2 Å². The fourth-order valence-electron chi connectivity index (χ4n) is 3.59. The smallest absolute Gasteiger partial charge is 0.360 e. The molecule has 0 radical (unpaired) electrons. The Morgan fingerprint density at radius 1 is 1.19 bits per heavy atom. The number of aromatic nitrogens is 1. The molecular formula is C20H18N2O4. The molecule has 0 spiro atoms. The topological polar surface area (TPSA) is 72.6 Å². The van der Waals surface area contributed by atoms with Crippen molar-refractivity contribution in [1.82, 2.24) is 10.1 Å². The number of carbonyl (C=O) groups is 2. The number of ether oxygens (including phenoxy) is 1. The zero-order chi connectivity index (χ0) is 18.1. The number of rotatable bonds is 3. The zero-order valence-corrected chi connectivity index (χ0v) is 14.3. The van der Waals surface area contributed by atoms with Crippen molar-refractivity contribution in [2.45, 2.75) is 18.9 Å². The number of fused-ring (bicyclic) bond motifs is 1. The van der Waals surface area contributed by atoms with Crippen LogP contribution in [0.2, 0.25) is 0 Å². The molecule has 6 nitrogen and oxygen atoms in total. The third kappa shape index (κ3) is 2.73. The van der Waals surface area contributed by atoms with E-state index in [2.05, 4.69) is 34.2 Å². The average Bonchev–Trinajstić information content (AvgIpc) is 3.36. The van der Waals surface area contributed by atoms with E-state index >= 15 is 0 Å². The fraction of sp³-hybridized carbons (Fsp3) is 0.250. The number of methoxy groups -OCH3 is 1. The van der Waals surface area contributed by atoms with E-state index in [1.54, 1.807) is 4.90 Å². The summed E-state index contributed by atoms with van der Waals surface area (Å²) in [4.78, 5) is 26.3. The number of esters is 1. The molecule has 1 aliphatic heterocycles. The lowest BCUT2D eigenvalue weighted by Crippen LogP contribution is -2.30. The maximum Gasteiger partial charge on any atom is 0.360 e. The van der Waals surface area contributed by atoms with Gasteiger partial charge in [0.05, 0.1) is 13.2 Å². The summed E-state index contributed by atoms with van der Waals surface area (Å²) in [5.74, 6) is -0.833. The lowest BCUT2D eigenvalue weighted by Gasteiger charge is -2.25. The Morgan fingerprint density at radius 2 is 2.00 bits per heavy atom.